The minimum absolute atomic E-state index is 0.193. The number of carbonyl (C=O) groups is 2. The monoisotopic (exact) mass is 373 g/mol. The Bertz CT molecular complexity index is 951. The number of amides is 3. The van der Waals surface area contributed by atoms with E-state index in [4.69, 9.17) is 0 Å². The predicted octanol–water partition coefficient (Wildman–Crippen LogP) is 5.71. The van der Waals surface area contributed by atoms with Gasteiger partial charge in [-0.25, -0.2) is 4.79 Å². The number of hydrogen-bond donors (Lipinski definition) is 3. The fraction of sp³-hybridized carbons (Fsp3) is 0.130. The molecule has 0 spiro atoms. The number of nitrogens with one attached hydrogen (secondary N) is 3. The molecular formula is C23H23N3O2. The molecule has 0 fully saturated rings. The van der Waals surface area contributed by atoms with E-state index in [9.17, 15) is 9.59 Å². The van der Waals surface area contributed by atoms with Crippen LogP contribution in [0.25, 0.3) is 0 Å². The van der Waals surface area contributed by atoms with Gasteiger partial charge in [0, 0.05) is 22.6 Å². The third-order valence-electron chi connectivity index (χ3n) is 4.25. The summed E-state index contributed by atoms with van der Waals surface area (Å²) in [5, 5.41) is 8.38. The van der Waals surface area contributed by atoms with Gasteiger partial charge in [-0.2, -0.15) is 0 Å². The van der Waals surface area contributed by atoms with E-state index >= 15 is 0 Å². The molecule has 3 aromatic rings. The molecule has 0 bridgehead atoms. The van der Waals surface area contributed by atoms with Gasteiger partial charge in [-0.05, 0) is 53.9 Å². The van der Waals surface area contributed by atoms with E-state index in [-0.39, 0.29) is 11.9 Å². The van der Waals surface area contributed by atoms with Gasteiger partial charge < -0.3 is 16.0 Å². The SMILES string of the molecule is CC(C)c1ccc(C(=O)Nc2cccc(NC(=O)Nc3ccccc3)c2)cc1. The predicted molar refractivity (Wildman–Crippen MR) is 114 cm³/mol. The van der Waals surface area contributed by atoms with E-state index in [1.165, 1.54) is 5.56 Å². The fourth-order valence-electron chi connectivity index (χ4n) is 2.71. The van der Waals surface area contributed by atoms with Crippen LogP contribution in [-0.2, 0) is 0 Å². The maximum absolute atomic E-state index is 12.5. The summed E-state index contributed by atoms with van der Waals surface area (Å²) in [7, 11) is 0. The van der Waals surface area contributed by atoms with Crippen molar-refractivity contribution >= 4 is 29.0 Å². The lowest BCUT2D eigenvalue weighted by Crippen LogP contribution is -2.19. The highest BCUT2D eigenvalue weighted by Crippen LogP contribution is 2.18. The first-order valence-corrected chi connectivity index (χ1v) is 9.16. The van der Waals surface area contributed by atoms with Gasteiger partial charge >= 0.3 is 6.03 Å². The molecule has 3 rings (SSSR count). The summed E-state index contributed by atoms with van der Waals surface area (Å²) in [6.07, 6.45) is 0. The normalized spacial score (nSPS) is 10.4. The Hall–Kier alpha value is -3.60. The van der Waals surface area contributed by atoms with E-state index in [0.717, 1.165) is 0 Å². The summed E-state index contributed by atoms with van der Waals surface area (Å²) in [5.74, 6) is 0.225. The second-order valence-corrected chi connectivity index (χ2v) is 6.76. The van der Waals surface area contributed by atoms with Crippen LogP contribution < -0.4 is 16.0 Å². The summed E-state index contributed by atoms with van der Waals surface area (Å²) in [6.45, 7) is 4.23. The van der Waals surface area contributed by atoms with Crippen molar-refractivity contribution in [2.75, 3.05) is 16.0 Å². The largest absolute Gasteiger partial charge is 0.323 e. The highest BCUT2D eigenvalue weighted by atomic mass is 16.2. The molecule has 0 aliphatic carbocycles. The fourth-order valence-corrected chi connectivity index (χ4v) is 2.71. The van der Waals surface area contributed by atoms with Gasteiger partial charge in [-0.15, -0.1) is 0 Å². The highest BCUT2D eigenvalue weighted by Gasteiger charge is 2.08. The maximum Gasteiger partial charge on any atom is 0.323 e. The van der Waals surface area contributed by atoms with Crippen molar-refractivity contribution in [3.05, 3.63) is 90.0 Å². The Labute approximate surface area is 164 Å². The summed E-state index contributed by atoms with van der Waals surface area (Å²) in [6, 6.07) is 23.4. The summed E-state index contributed by atoms with van der Waals surface area (Å²) < 4.78 is 0. The number of rotatable bonds is 5. The lowest BCUT2D eigenvalue weighted by Gasteiger charge is -2.11. The van der Waals surface area contributed by atoms with Gasteiger partial charge in [-0.3, -0.25) is 4.79 Å². The van der Waals surface area contributed by atoms with Gasteiger partial charge in [0.15, 0.2) is 0 Å². The van der Waals surface area contributed by atoms with E-state index < -0.39 is 0 Å². The van der Waals surface area contributed by atoms with Gasteiger partial charge in [0.1, 0.15) is 0 Å². The quantitative estimate of drug-likeness (QED) is 0.536. The molecule has 3 amide bonds. The van der Waals surface area contributed by atoms with Crippen molar-refractivity contribution in [3.8, 4) is 0 Å². The zero-order chi connectivity index (χ0) is 19.9. The smallest absolute Gasteiger partial charge is 0.322 e. The number of carbonyl (C=O) groups excluding carboxylic acids is 2. The Balaban J connectivity index is 1.62. The molecule has 0 aromatic heterocycles. The molecular weight excluding hydrogens is 350 g/mol. The zero-order valence-electron chi connectivity index (χ0n) is 15.9. The first kappa shape index (κ1) is 19.2. The van der Waals surface area contributed by atoms with E-state index in [1.54, 1.807) is 36.4 Å². The van der Waals surface area contributed by atoms with Crippen LogP contribution in [0.3, 0.4) is 0 Å². The van der Waals surface area contributed by atoms with Crippen LogP contribution in [0.5, 0.6) is 0 Å². The van der Waals surface area contributed by atoms with Crippen molar-refractivity contribution < 1.29 is 9.59 Å². The van der Waals surface area contributed by atoms with Crippen molar-refractivity contribution in [2.24, 2.45) is 0 Å². The minimum atomic E-state index is -0.348. The molecule has 142 valence electrons. The van der Waals surface area contributed by atoms with Crippen molar-refractivity contribution in [2.45, 2.75) is 19.8 Å². The van der Waals surface area contributed by atoms with Gasteiger partial charge in [0.05, 0.1) is 0 Å². The molecule has 0 atom stereocenters. The van der Waals surface area contributed by atoms with Crippen LogP contribution in [0.1, 0.15) is 35.7 Å². The lowest BCUT2D eigenvalue weighted by atomic mass is 10.0. The molecule has 0 heterocycles. The van der Waals surface area contributed by atoms with Gasteiger partial charge in [0.2, 0.25) is 0 Å². The molecule has 5 nitrogen and oxygen atoms in total. The molecule has 3 N–H and O–H groups in total. The van der Waals surface area contributed by atoms with E-state index in [0.29, 0.717) is 28.5 Å². The van der Waals surface area contributed by atoms with Gasteiger partial charge in [-0.1, -0.05) is 50.2 Å². The minimum Gasteiger partial charge on any atom is -0.322 e. The van der Waals surface area contributed by atoms with Crippen LogP contribution in [0.15, 0.2) is 78.9 Å². The van der Waals surface area contributed by atoms with Crippen molar-refractivity contribution in [1.29, 1.82) is 0 Å². The molecule has 0 aliphatic rings. The Morgan fingerprint density at radius 3 is 1.89 bits per heavy atom. The summed E-state index contributed by atoms with van der Waals surface area (Å²) >= 11 is 0. The molecule has 28 heavy (non-hydrogen) atoms. The second kappa shape index (κ2) is 8.86. The molecule has 5 heteroatoms. The Morgan fingerprint density at radius 1 is 0.679 bits per heavy atom. The third-order valence-corrected chi connectivity index (χ3v) is 4.25. The maximum atomic E-state index is 12.5. The average molecular weight is 373 g/mol. The lowest BCUT2D eigenvalue weighted by molar-refractivity contribution is 0.102. The number of benzene rings is 3. The number of para-hydroxylation sites is 1. The molecule has 0 saturated carbocycles. The summed E-state index contributed by atoms with van der Waals surface area (Å²) in [5.41, 5.74) is 3.67. The molecule has 0 saturated heterocycles. The van der Waals surface area contributed by atoms with Gasteiger partial charge in [0.25, 0.3) is 5.91 Å². The molecule has 0 aliphatic heterocycles. The van der Waals surface area contributed by atoms with Crippen LogP contribution >= 0.6 is 0 Å². The van der Waals surface area contributed by atoms with Crippen LogP contribution in [0, 0.1) is 0 Å². The molecule has 0 radical (unpaired) electrons. The number of urea groups is 1. The number of hydrogen-bond acceptors (Lipinski definition) is 2. The van der Waals surface area contributed by atoms with Crippen LogP contribution in [0.2, 0.25) is 0 Å². The Kier molecular flexibility index (Phi) is 6.07. The standard InChI is InChI=1S/C23H23N3O2/c1-16(2)17-11-13-18(14-12-17)22(27)24-20-9-6-10-21(15-20)26-23(28)25-19-7-4-3-5-8-19/h3-16H,1-2H3,(H,24,27)(H2,25,26,28). The topological polar surface area (TPSA) is 70.2 Å². The summed E-state index contributed by atoms with van der Waals surface area (Å²) in [4.78, 5) is 24.6. The first-order chi connectivity index (χ1) is 13.5. The Morgan fingerprint density at radius 2 is 1.25 bits per heavy atom. The van der Waals surface area contributed by atoms with Crippen molar-refractivity contribution in [3.63, 3.8) is 0 Å². The van der Waals surface area contributed by atoms with E-state index in [1.807, 2.05) is 42.5 Å². The average Bonchev–Trinajstić information content (AvgIpc) is 2.69. The van der Waals surface area contributed by atoms with Crippen LogP contribution in [-0.4, -0.2) is 11.9 Å². The number of anilines is 3. The molecule has 0 unspecified atom stereocenters. The third kappa shape index (κ3) is 5.20. The first-order valence-electron chi connectivity index (χ1n) is 9.16. The van der Waals surface area contributed by atoms with E-state index in [2.05, 4.69) is 29.8 Å². The van der Waals surface area contributed by atoms with Crippen molar-refractivity contribution in [1.82, 2.24) is 0 Å². The second-order valence-electron chi connectivity index (χ2n) is 6.76. The van der Waals surface area contributed by atoms with Crippen LogP contribution in [0.4, 0.5) is 21.9 Å². The zero-order valence-corrected chi connectivity index (χ0v) is 15.9. The highest BCUT2D eigenvalue weighted by molar-refractivity contribution is 6.05. The molecule has 3 aromatic carbocycles.